The number of hydrogen-bond acceptors (Lipinski definition) is 3. The summed E-state index contributed by atoms with van der Waals surface area (Å²) in [5, 5.41) is 4.14. The van der Waals surface area contributed by atoms with Gasteiger partial charge < -0.3 is 9.30 Å². The highest BCUT2D eigenvalue weighted by molar-refractivity contribution is 5.84. The lowest BCUT2D eigenvalue weighted by atomic mass is 9.87. The second kappa shape index (κ2) is 10.1. The number of aryl methyl sites for hydroxylation is 3. The Morgan fingerprint density at radius 2 is 1.76 bits per heavy atom. The Kier molecular flexibility index (Phi) is 7.42. The van der Waals surface area contributed by atoms with Crippen molar-refractivity contribution < 1.29 is 9.53 Å². The average molecular weight is 446 g/mol. The summed E-state index contributed by atoms with van der Waals surface area (Å²) in [6, 6.07) is 16.7. The maximum Gasteiger partial charge on any atom is 0.277 e. The molecule has 3 aromatic rings. The number of hydrogen-bond donors (Lipinski definition) is 1. The van der Waals surface area contributed by atoms with Gasteiger partial charge in [0.2, 0.25) is 0 Å². The predicted molar refractivity (Wildman–Crippen MR) is 136 cm³/mol. The fourth-order valence-corrected chi connectivity index (χ4v) is 3.89. The summed E-state index contributed by atoms with van der Waals surface area (Å²) in [4.78, 5) is 12.2. The third-order valence-corrected chi connectivity index (χ3v) is 5.74. The molecule has 0 aliphatic rings. The summed E-state index contributed by atoms with van der Waals surface area (Å²) >= 11 is 0. The number of benzene rings is 2. The Labute approximate surface area is 197 Å². The maximum absolute atomic E-state index is 12.2. The molecular formula is C28H35N3O2. The van der Waals surface area contributed by atoms with Crippen molar-refractivity contribution in [2.75, 3.05) is 6.61 Å². The van der Waals surface area contributed by atoms with E-state index in [1.54, 1.807) is 6.21 Å². The average Bonchev–Trinajstić information content (AvgIpc) is 3.04. The van der Waals surface area contributed by atoms with Gasteiger partial charge in [0.05, 0.1) is 6.21 Å². The van der Waals surface area contributed by atoms with E-state index in [-0.39, 0.29) is 17.9 Å². The fourth-order valence-electron chi connectivity index (χ4n) is 3.89. The first-order chi connectivity index (χ1) is 15.6. The topological polar surface area (TPSA) is 55.6 Å². The number of rotatable bonds is 7. The van der Waals surface area contributed by atoms with E-state index in [2.05, 4.69) is 93.0 Å². The molecule has 5 nitrogen and oxygen atoms in total. The highest BCUT2D eigenvalue weighted by Crippen LogP contribution is 2.25. The van der Waals surface area contributed by atoms with Crippen molar-refractivity contribution in [2.45, 2.75) is 60.3 Å². The molecule has 5 heteroatoms. The minimum absolute atomic E-state index is 0.0803. The standard InChI is InChI=1S/C28H35N3O2/c1-8-22-13-19(2)14-26(16-22)33-18-27(32)30-29-17-23-15-20(3)31(21(23)4)25-11-9-24(10-12-25)28(5,6)7/h9-17H,8,18H2,1-7H3,(H,30,32)/b29-17+. The van der Waals surface area contributed by atoms with Gasteiger partial charge in [-0.25, -0.2) is 5.43 Å². The van der Waals surface area contributed by atoms with Crippen LogP contribution in [0.1, 0.15) is 61.3 Å². The zero-order valence-corrected chi connectivity index (χ0v) is 20.8. The van der Waals surface area contributed by atoms with Gasteiger partial charge in [0.15, 0.2) is 6.61 Å². The van der Waals surface area contributed by atoms with Crippen molar-refractivity contribution in [2.24, 2.45) is 5.10 Å². The molecule has 2 aromatic carbocycles. The van der Waals surface area contributed by atoms with Gasteiger partial charge in [-0.2, -0.15) is 5.10 Å². The van der Waals surface area contributed by atoms with Crippen molar-refractivity contribution in [3.8, 4) is 11.4 Å². The molecule has 0 unspecified atom stereocenters. The summed E-state index contributed by atoms with van der Waals surface area (Å²) in [6.07, 6.45) is 2.61. The van der Waals surface area contributed by atoms with Crippen molar-refractivity contribution in [1.29, 1.82) is 0 Å². The smallest absolute Gasteiger partial charge is 0.277 e. The van der Waals surface area contributed by atoms with E-state index < -0.39 is 0 Å². The van der Waals surface area contributed by atoms with E-state index in [9.17, 15) is 4.79 Å². The van der Waals surface area contributed by atoms with E-state index in [0.29, 0.717) is 5.75 Å². The lowest BCUT2D eigenvalue weighted by Crippen LogP contribution is -2.24. The molecule has 174 valence electrons. The number of carbonyl (C=O) groups is 1. The van der Waals surface area contributed by atoms with Crippen LogP contribution in [0.15, 0.2) is 53.6 Å². The lowest BCUT2D eigenvalue weighted by Gasteiger charge is -2.20. The third kappa shape index (κ3) is 6.13. The summed E-state index contributed by atoms with van der Waals surface area (Å²) in [5.74, 6) is 0.407. The molecule has 1 aromatic heterocycles. The highest BCUT2D eigenvalue weighted by Gasteiger charge is 2.14. The SMILES string of the molecule is CCc1cc(C)cc(OCC(=O)N/N=C/c2cc(C)n(-c3ccc(C(C)(C)C)cc3)c2C)c1. The Hall–Kier alpha value is -3.34. The first kappa shape index (κ1) is 24.3. The van der Waals surface area contributed by atoms with Gasteiger partial charge in [-0.3, -0.25) is 4.79 Å². The molecule has 1 amide bonds. The van der Waals surface area contributed by atoms with Gasteiger partial charge in [-0.05, 0) is 79.6 Å². The van der Waals surface area contributed by atoms with E-state index in [1.165, 1.54) is 11.1 Å². The Morgan fingerprint density at radius 3 is 2.39 bits per heavy atom. The predicted octanol–water partition coefficient (Wildman–Crippen LogP) is 5.79. The van der Waals surface area contributed by atoms with E-state index in [0.717, 1.165) is 34.6 Å². The molecule has 1 N–H and O–H groups in total. The largest absolute Gasteiger partial charge is 0.484 e. The molecule has 0 aliphatic heterocycles. The second-order valence-electron chi connectivity index (χ2n) is 9.55. The monoisotopic (exact) mass is 445 g/mol. The molecule has 0 saturated carbocycles. The second-order valence-corrected chi connectivity index (χ2v) is 9.55. The summed E-state index contributed by atoms with van der Waals surface area (Å²) in [7, 11) is 0. The van der Waals surface area contributed by atoms with Gasteiger partial charge in [0, 0.05) is 22.6 Å². The molecule has 0 spiro atoms. The van der Waals surface area contributed by atoms with Crippen LogP contribution in [0.4, 0.5) is 0 Å². The Morgan fingerprint density at radius 1 is 1.06 bits per heavy atom. The van der Waals surface area contributed by atoms with Gasteiger partial charge in [-0.15, -0.1) is 0 Å². The van der Waals surface area contributed by atoms with Crippen LogP contribution in [0.25, 0.3) is 5.69 Å². The number of aromatic nitrogens is 1. The zero-order valence-electron chi connectivity index (χ0n) is 20.8. The van der Waals surface area contributed by atoms with Crippen molar-refractivity contribution >= 4 is 12.1 Å². The van der Waals surface area contributed by atoms with Crippen LogP contribution in [-0.4, -0.2) is 23.3 Å². The summed E-state index contributed by atoms with van der Waals surface area (Å²) in [5.41, 5.74) is 10.5. The molecule has 0 aliphatic carbocycles. The first-order valence-corrected chi connectivity index (χ1v) is 11.4. The molecule has 0 saturated heterocycles. The van der Waals surface area contributed by atoms with Gasteiger partial charge in [0.25, 0.3) is 5.91 Å². The summed E-state index contributed by atoms with van der Waals surface area (Å²) < 4.78 is 7.84. The number of amides is 1. The number of nitrogens with one attached hydrogen (secondary N) is 1. The molecule has 3 rings (SSSR count). The number of ether oxygens (including phenoxy) is 1. The zero-order chi connectivity index (χ0) is 24.2. The molecular weight excluding hydrogens is 410 g/mol. The molecule has 0 fully saturated rings. The molecule has 0 radical (unpaired) electrons. The normalized spacial score (nSPS) is 11.7. The van der Waals surface area contributed by atoms with Crippen LogP contribution in [-0.2, 0) is 16.6 Å². The van der Waals surface area contributed by atoms with E-state index >= 15 is 0 Å². The van der Waals surface area contributed by atoms with Crippen LogP contribution >= 0.6 is 0 Å². The lowest BCUT2D eigenvalue weighted by molar-refractivity contribution is -0.123. The van der Waals surface area contributed by atoms with Crippen LogP contribution in [0.2, 0.25) is 0 Å². The third-order valence-electron chi connectivity index (χ3n) is 5.74. The molecule has 1 heterocycles. The molecule has 33 heavy (non-hydrogen) atoms. The minimum atomic E-state index is -0.294. The van der Waals surface area contributed by atoms with Crippen molar-refractivity contribution in [1.82, 2.24) is 9.99 Å². The van der Waals surface area contributed by atoms with Gasteiger partial charge in [0.1, 0.15) is 5.75 Å². The number of nitrogens with zero attached hydrogens (tertiary/aromatic N) is 2. The number of carbonyl (C=O) groups excluding carboxylic acids is 1. The first-order valence-electron chi connectivity index (χ1n) is 11.4. The number of hydrazone groups is 1. The van der Waals surface area contributed by atoms with Crippen molar-refractivity contribution in [3.05, 3.63) is 82.2 Å². The fraction of sp³-hybridized carbons (Fsp3) is 0.357. The van der Waals surface area contributed by atoms with E-state index in [1.807, 2.05) is 19.1 Å². The quantitative estimate of drug-likeness (QED) is 0.370. The minimum Gasteiger partial charge on any atom is -0.484 e. The van der Waals surface area contributed by atoms with Gasteiger partial charge >= 0.3 is 0 Å². The van der Waals surface area contributed by atoms with Crippen LogP contribution in [0.5, 0.6) is 5.75 Å². The Bertz CT molecular complexity index is 1150. The Balaban J connectivity index is 1.64. The van der Waals surface area contributed by atoms with Gasteiger partial charge in [-0.1, -0.05) is 45.9 Å². The highest BCUT2D eigenvalue weighted by atomic mass is 16.5. The molecule has 0 bridgehead atoms. The van der Waals surface area contributed by atoms with Crippen LogP contribution in [0, 0.1) is 20.8 Å². The maximum atomic E-state index is 12.2. The summed E-state index contributed by atoms with van der Waals surface area (Å²) in [6.45, 7) is 14.8. The van der Waals surface area contributed by atoms with Crippen LogP contribution < -0.4 is 10.2 Å². The van der Waals surface area contributed by atoms with Crippen LogP contribution in [0.3, 0.4) is 0 Å². The van der Waals surface area contributed by atoms with Crippen molar-refractivity contribution in [3.63, 3.8) is 0 Å². The van der Waals surface area contributed by atoms with E-state index in [4.69, 9.17) is 4.74 Å². The molecule has 0 atom stereocenters.